The lowest BCUT2D eigenvalue weighted by Gasteiger charge is -2.36. The van der Waals surface area contributed by atoms with Gasteiger partial charge >= 0.3 is 0 Å². The second-order valence-corrected chi connectivity index (χ2v) is 10.3. The van der Waals surface area contributed by atoms with Crippen molar-refractivity contribution in [2.75, 3.05) is 23.0 Å². The Bertz CT molecular complexity index is 1400. The smallest absolute Gasteiger partial charge is 0.268 e. The first-order valence-corrected chi connectivity index (χ1v) is 12.7. The molecule has 0 bridgehead atoms. The van der Waals surface area contributed by atoms with Gasteiger partial charge in [0.2, 0.25) is 0 Å². The van der Waals surface area contributed by atoms with Crippen LogP contribution in [-0.4, -0.2) is 47.9 Å². The van der Waals surface area contributed by atoms with Crippen molar-refractivity contribution in [2.24, 2.45) is 0 Å². The normalized spacial score (nSPS) is 17.8. The molecule has 3 heterocycles. The van der Waals surface area contributed by atoms with Crippen LogP contribution in [0.5, 0.6) is 11.5 Å². The van der Waals surface area contributed by atoms with Gasteiger partial charge in [0.1, 0.15) is 11.5 Å². The highest BCUT2D eigenvalue weighted by Crippen LogP contribution is 2.40. The number of benzene rings is 2. The van der Waals surface area contributed by atoms with Crippen molar-refractivity contribution >= 4 is 40.3 Å². The molecule has 0 radical (unpaired) electrons. The van der Waals surface area contributed by atoms with Crippen LogP contribution < -0.4 is 19.3 Å². The zero-order valence-electron chi connectivity index (χ0n) is 20.8. The number of nitrogens with zero attached hydrogens (tertiary/aromatic N) is 3. The fourth-order valence-electron chi connectivity index (χ4n) is 4.76. The van der Waals surface area contributed by atoms with Crippen molar-refractivity contribution in [3.63, 3.8) is 0 Å². The maximum Gasteiger partial charge on any atom is 0.268 e. The SMILES string of the molecule is CCN1C(=O)COc2ccc(C(=O)C(C)N3C(=O)C(C)Oc4ccc(-c5nc(C)sc5C)cc43)cc21. The number of ether oxygens (including phenoxy) is 2. The zero-order valence-corrected chi connectivity index (χ0v) is 21.6. The molecule has 2 aromatic carbocycles. The van der Waals surface area contributed by atoms with Crippen LogP contribution in [0.1, 0.15) is 41.0 Å². The highest BCUT2D eigenvalue weighted by atomic mass is 32.1. The maximum absolute atomic E-state index is 13.7. The molecular formula is C27H27N3O5S. The maximum atomic E-state index is 13.7. The van der Waals surface area contributed by atoms with Crippen molar-refractivity contribution in [1.29, 1.82) is 0 Å². The predicted molar refractivity (Wildman–Crippen MR) is 138 cm³/mol. The van der Waals surface area contributed by atoms with Gasteiger partial charge < -0.3 is 14.4 Å². The number of likely N-dealkylation sites (N-methyl/N-ethyl adjacent to an activating group) is 1. The summed E-state index contributed by atoms with van der Waals surface area (Å²) < 4.78 is 11.4. The minimum atomic E-state index is -0.801. The van der Waals surface area contributed by atoms with Gasteiger partial charge in [-0.3, -0.25) is 19.3 Å². The van der Waals surface area contributed by atoms with E-state index in [1.807, 2.05) is 39.0 Å². The Morgan fingerprint density at radius 2 is 1.89 bits per heavy atom. The number of ketones is 1. The Balaban J connectivity index is 1.53. The highest BCUT2D eigenvalue weighted by Gasteiger charge is 2.38. The zero-order chi connectivity index (χ0) is 25.7. The molecule has 3 aromatic rings. The van der Waals surface area contributed by atoms with Crippen molar-refractivity contribution in [3.05, 3.63) is 51.8 Å². The number of aromatic nitrogens is 1. The van der Waals surface area contributed by atoms with Gasteiger partial charge in [0.15, 0.2) is 18.5 Å². The Hall–Kier alpha value is -3.72. The minimum absolute atomic E-state index is 0.0260. The number of carbonyl (C=O) groups is 3. The summed E-state index contributed by atoms with van der Waals surface area (Å²) in [6.45, 7) is 9.67. The summed E-state index contributed by atoms with van der Waals surface area (Å²) in [5, 5.41) is 0.956. The molecule has 2 atom stereocenters. The number of hydrogen-bond donors (Lipinski definition) is 0. The fraction of sp³-hybridized carbons (Fsp3) is 0.333. The molecule has 186 valence electrons. The van der Waals surface area contributed by atoms with E-state index in [1.54, 1.807) is 48.3 Å². The number of carbonyl (C=O) groups excluding carboxylic acids is 3. The predicted octanol–water partition coefficient (Wildman–Crippen LogP) is 4.56. The number of thiazole rings is 1. The minimum Gasteiger partial charge on any atom is -0.482 e. The summed E-state index contributed by atoms with van der Waals surface area (Å²) in [5.74, 6) is 0.399. The Labute approximate surface area is 213 Å². The van der Waals surface area contributed by atoms with E-state index in [0.29, 0.717) is 35.0 Å². The van der Waals surface area contributed by atoms with Crippen LogP contribution >= 0.6 is 11.3 Å². The summed E-state index contributed by atoms with van der Waals surface area (Å²) in [5.41, 5.74) is 3.20. The van der Waals surface area contributed by atoms with Crippen LogP contribution in [0.3, 0.4) is 0 Å². The van der Waals surface area contributed by atoms with E-state index in [4.69, 9.17) is 9.47 Å². The summed E-state index contributed by atoms with van der Waals surface area (Å²) >= 11 is 1.61. The number of Topliss-reactive ketones (excluding diaryl/α,β-unsaturated/α-hetero) is 1. The quantitative estimate of drug-likeness (QED) is 0.473. The van der Waals surface area contributed by atoms with E-state index in [1.165, 1.54) is 4.90 Å². The summed E-state index contributed by atoms with van der Waals surface area (Å²) in [4.78, 5) is 48.1. The number of amides is 2. The average Bonchev–Trinajstić information content (AvgIpc) is 3.21. The monoisotopic (exact) mass is 505 g/mol. The number of anilines is 2. The van der Waals surface area contributed by atoms with Gasteiger partial charge in [-0.1, -0.05) is 0 Å². The third-order valence-electron chi connectivity index (χ3n) is 6.55. The highest BCUT2D eigenvalue weighted by molar-refractivity contribution is 7.11. The van der Waals surface area contributed by atoms with E-state index in [9.17, 15) is 14.4 Å². The van der Waals surface area contributed by atoms with Crippen LogP contribution in [0.2, 0.25) is 0 Å². The molecule has 0 saturated heterocycles. The molecule has 0 spiro atoms. The lowest BCUT2D eigenvalue weighted by Crippen LogP contribution is -2.51. The molecule has 2 amide bonds. The average molecular weight is 506 g/mol. The summed E-state index contributed by atoms with van der Waals surface area (Å²) in [7, 11) is 0. The van der Waals surface area contributed by atoms with E-state index in [0.717, 1.165) is 21.1 Å². The molecule has 9 heteroatoms. The van der Waals surface area contributed by atoms with Gasteiger partial charge in [-0.25, -0.2) is 4.98 Å². The number of hydrogen-bond acceptors (Lipinski definition) is 7. The largest absolute Gasteiger partial charge is 0.482 e. The lowest BCUT2D eigenvalue weighted by atomic mass is 9.99. The second kappa shape index (κ2) is 9.05. The molecule has 0 aliphatic carbocycles. The molecule has 8 nitrogen and oxygen atoms in total. The van der Waals surface area contributed by atoms with Crippen molar-refractivity contribution in [2.45, 2.75) is 46.8 Å². The molecule has 2 aliphatic rings. The van der Waals surface area contributed by atoms with Gasteiger partial charge in [0.25, 0.3) is 11.8 Å². The number of rotatable bonds is 5. The summed E-state index contributed by atoms with van der Waals surface area (Å²) in [6.07, 6.45) is -0.730. The van der Waals surface area contributed by atoms with Crippen LogP contribution in [0.4, 0.5) is 11.4 Å². The van der Waals surface area contributed by atoms with Gasteiger partial charge in [0, 0.05) is 22.5 Å². The van der Waals surface area contributed by atoms with Crippen LogP contribution in [0.25, 0.3) is 11.3 Å². The lowest BCUT2D eigenvalue weighted by molar-refractivity contribution is -0.126. The molecule has 5 rings (SSSR count). The first-order chi connectivity index (χ1) is 17.2. The fourth-order valence-corrected chi connectivity index (χ4v) is 5.60. The first kappa shape index (κ1) is 24.0. The Kier molecular flexibility index (Phi) is 6.04. The van der Waals surface area contributed by atoms with Gasteiger partial charge in [-0.2, -0.15) is 0 Å². The topological polar surface area (TPSA) is 89.0 Å². The van der Waals surface area contributed by atoms with Gasteiger partial charge in [0.05, 0.1) is 28.1 Å². The van der Waals surface area contributed by atoms with E-state index in [2.05, 4.69) is 4.98 Å². The van der Waals surface area contributed by atoms with Crippen molar-refractivity contribution < 1.29 is 23.9 Å². The molecule has 36 heavy (non-hydrogen) atoms. The molecule has 2 aliphatic heterocycles. The Morgan fingerprint density at radius 1 is 1.14 bits per heavy atom. The summed E-state index contributed by atoms with van der Waals surface area (Å²) in [6, 6.07) is 9.86. The van der Waals surface area contributed by atoms with Crippen molar-refractivity contribution in [3.8, 4) is 22.8 Å². The van der Waals surface area contributed by atoms with E-state index in [-0.39, 0.29) is 24.2 Å². The molecule has 2 unspecified atom stereocenters. The molecule has 1 aromatic heterocycles. The first-order valence-electron chi connectivity index (χ1n) is 11.9. The second-order valence-electron chi connectivity index (χ2n) is 8.94. The van der Waals surface area contributed by atoms with Crippen molar-refractivity contribution in [1.82, 2.24) is 4.98 Å². The van der Waals surface area contributed by atoms with E-state index < -0.39 is 12.1 Å². The molecule has 0 saturated carbocycles. The molecule has 0 N–H and O–H groups in total. The standard InChI is InChI=1S/C27H27N3O5S/c1-6-29-20-12-19(8-9-22(20)34-13-24(29)31)26(32)14(2)30-21-11-18(25-16(4)36-17(5)28-25)7-10-23(21)35-15(3)27(30)33/h7-12,14-15H,6,13H2,1-5H3. The third-order valence-corrected chi connectivity index (χ3v) is 7.44. The van der Waals surface area contributed by atoms with Gasteiger partial charge in [-0.05, 0) is 71.0 Å². The third kappa shape index (κ3) is 3.93. The van der Waals surface area contributed by atoms with Crippen LogP contribution in [-0.2, 0) is 9.59 Å². The molecular weight excluding hydrogens is 478 g/mol. The molecule has 0 fully saturated rings. The number of fused-ring (bicyclic) bond motifs is 2. The van der Waals surface area contributed by atoms with E-state index >= 15 is 0 Å². The Morgan fingerprint density at radius 3 is 2.58 bits per heavy atom. The van der Waals surface area contributed by atoms with Gasteiger partial charge in [-0.15, -0.1) is 11.3 Å². The van der Waals surface area contributed by atoms with Crippen LogP contribution in [0.15, 0.2) is 36.4 Å². The van der Waals surface area contributed by atoms with Crippen LogP contribution in [0, 0.1) is 13.8 Å². The number of aryl methyl sites for hydroxylation is 2.